The summed E-state index contributed by atoms with van der Waals surface area (Å²) in [5.41, 5.74) is 41.7. The van der Waals surface area contributed by atoms with E-state index in [0.717, 1.165) is 103 Å². The van der Waals surface area contributed by atoms with Crippen molar-refractivity contribution >= 4 is 119 Å². The summed E-state index contributed by atoms with van der Waals surface area (Å²) in [6, 6.07) is 31.6. The average Bonchev–Trinajstić information content (AvgIpc) is 1.38. The molecule has 41 nitrogen and oxygen atoms in total. The van der Waals surface area contributed by atoms with E-state index in [9.17, 15) is 69.7 Å². The molecule has 18 rings (SSSR count). The number of piperidine rings is 1. The molecule has 0 spiro atoms. The first-order valence-electron chi connectivity index (χ1n) is 49.3. The van der Waals surface area contributed by atoms with Gasteiger partial charge in [0.2, 0.25) is 5.91 Å². The maximum atomic E-state index is 12.2. The third-order valence-electron chi connectivity index (χ3n) is 26.0. The Balaban J connectivity index is 0.000000146. The Morgan fingerprint density at radius 2 is 0.655 bits per heavy atom. The van der Waals surface area contributed by atoms with Crippen LogP contribution in [0.4, 0.5) is 14.4 Å². The molecule has 2 aliphatic carbocycles. The minimum absolute atomic E-state index is 0.0202. The lowest BCUT2D eigenvalue weighted by Gasteiger charge is -2.33. The van der Waals surface area contributed by atoms with E-state index in [0.29, 0.717) is 179 Å². The molecular formula is C98H134N18O23S6. The number of carbonyl (C=O) groups excluding carboxylic acids is 4. The molecule has 145 heavy (non-hydrogen) atoms. The molecule has 10 heterocycles. The Morgan fingerprint density at radius 1 is 0.359 bits per heavy atom. The summed E-state index contributed by atoms with van der Waals surface area (Å²) in [5.74, 6) is 3.00. The van der Waals surface area contributed by atoms with Gasteiger partial charge in [0.15, 0.2) is 0 Å². The van der Waals surface area contributed by atoms with Crippen molar-refractivity contribution in [2.75, 3.05) is 72.2 Å². The first-order chi connectivity index (χ1) is 68.9. The number of ether oxygens (including phenoxy) is 7. The molecule has 14 N–H and O–H groups in total. The second-order valence-corrected chi connectivity index (χ2v) is 48.2. The van der Waals surface area contributed by atoms with Crippen LogP contribution in [0.25, 0.3) is 0 Å². The highest BCUT2D eigenvalue weighted by molar-refractivity contribution is 7.91. The number of nitrogens with one attached hydrogen (secondary N) is 2. The molecule has 0 unspecified atom stereocenters. The molecule has 6 aromatic carbocycles. The van der Waals surface area contributed by atoms with Gasteiger partial charge < -0.3 is 97.8 Å². The lowest BCUT2D eigenvalue weighted by atomic mass is 9.94. The summed E-state index contributed by atoms with van der Waals surface area (Å²) < 4.78 is 203. The predicted octanol–water partition coefficient (Wildman–Crippen LogP) is 9.96. The summed E-state index contributed by atoms with van der Waals surface area (Å²) >= 11 is 0. The largest absolute Gasteiger partial charge is 0.493 e. The topological polar surface area (TPSA) is 605 Å². The van der Waals surface area contributed by atoms with E-state index < -0.39 is 65.7 Å². The van der Waals surface area contributed by atoms with E-state index in [1.165, 1.54) is 38.5 Å². The van der Waals surface area contributed by atoms with Crippen LogP contribution >= 0.6 is 0 Å². The molecule has 12 aliphatic rings. The SMILES string of the molecule is CC(C)(C)OC(=O)N1CCC(CCOc2cccc3c2C(N)=NS(=O)(=O)C3)CC1.CCCC(=O)N1CCC[C@@H]1COc1cccc2c1C(N)=NS(=O)(=O)C2.CCCNC(=O)N1CCC[C@@H]1COc1cccc2c1C(N)=NS(=O)(=O)C2.CCNC(=O)N1CCC[C@@H]1COc1cccc2c1C(N)=NS(=O)(=O)C2.NC1=NS(=O)(=O)Cc2cccc(OC3CCCCC3)c21.NC1=NS(=O)(=O)Cc2cccc(OC3CCCCC3)c21. The molecule has 0 radical (unpaired) electrons. The number of amides is 6. The van der Waals surface area contributed by atoms with Crippen molar-refractivity contribution < 1.29 is 103 Å². The van der Waals surface area contributed by atoms with E-state index >= 15 is 0 Å². The first-order valence-corrected chi connectivity index (χ1v) is 59.0. The number of fused-ring (bicyclic) bond motifs is 6. The van der Waals surface area contributed by atoms with Crippen LogP contribution in [-0.2, 0) is 104 Å². The summed E-state index contributed by atoms with van der Waals surface area (Å²) in [6.45, 7) is 17.8. The van der Waals surface area contributed by atoms with E-state index in [-0.39, 0.29) is 124 Å². The molecule has 6 fully saturated rings. The summed E-state index contributed by atoms with van der Waals surface area (Å²) in [5, 5.41) is 5.70. The molecule has 6 amide bonds. The van der Waals surface area contributed by atoms with Crippen molar-refractivity contribution in [1.29, 1.82) is 0 Å². The fourth-order valence-corrected chi connectivity index (χ4v) is 25.9. The van der Waals surface area contributed by atoms with Gasteiger partial charge in [-0.3, -0.25) is 4.79 Å². The van der Waals surface area contributed by atoms with Crippen molar-refractivity contribution in [2.45, 2.75) is 253 Å². The van der Waals surface area contributed by atoms with Crippen LogP contribution < -0.4 is 73.5 Å². The van der Waals surface area contributed by atoms with E-state index in [4.69, 9.17) is 67.6 Å². The molecule has 2 saturated carbocycles. The van der Waals surface area contributed by atoms with Gasteiger partial charge in [-0.2, -0.15) is 0 Å². The van der Waals surface area contributed by atoms with Gasteiger partial charge in [0.1, 0.15) is 94.9 Å². The number of nitrogens with zero attached hydrogens (tertiary/aromatic N) is 10. The number of amidine groups is 6. The Morgan fingerprint density at radius 3 is 0.966 bits per heavy atom. The molecule has 4 saturated heterocycles. The van der Waals surface area contributed by atoms with Gasteiger partial charge in [-0.25, -0.2) is 64.9 Å². The zero-order valence-electron chi connectivity index (χ0n) is 82.7. The number of hydrogen-bond donors (Lipinski definition) is 8. The number of nitrogens with two attached hydrogens (primary N) is 6. The van der Waals surface area contributed by atoms with Crippen LogP contribution in [-0.4, -0.2) is 237 Å². The number of carbonyl (C=O) groups is 4. The molecule has 790 valence electrons. The van der Waals surface area contributed by atoms with Crippen LogP contribution in [0.1, 0.15) is 250 Å². The quantitative estimate of drug-likeness (QED) is 0.0313. The zero-order valence-corrected chi connectivity index (χ0v) is 87.6. The predicted molar refractivity (Wildman–Crippen MR) is 553 cm³/mol. The van der Waals surface area contributed by atoms with Crippen molar-refractivity contribution in [3.8, 4) is 34.5 Å². The number of benzene rings is 6. The Labute approximate surface area is 849 Å². The van der Waals surface area contributed by atoms with Crippen molar-refractivity contribution in [3.05, 3.63) is 176 Å². The van der Waals surface area contributed by atoms with E-state index in [1.807, 2.05) is 70.7 Å². The van der Waals surface area contributed by atoms with Gasteiger partial charge in [0.05, 0.1) is 105 Å². The third-order valence-corrected chi connectivity index (χ3v) is 32.9. The smallest absolute Gasteiger partial charge is 0.410 e. The maximum absolute atomic E-state index is 12.2. The summed E-state index contributed by atoms with van der Waals surface area (Å²) in [7, 11) is -21.2. The van der Waals surface area contributed by atoms with Crippen molar-refractivity contribution in [1.82, 2.24) is 30.2 Å². The highest BCUT2D eigenvalue weighted by atomic mass is 32.2. The number of hydrogen-bond acceptors (Lipinski definition) is 29. The van der Waals surface area contributed by atoms with Gasteiger partial charge in [-0.1, -0.05) is 99.5 Å². The van der Waals surface area contributed by atoms with Crippen LogP contribution in [0.15, 0.2) is 136 Å². The Bertz CT molecular complexity index is 6410. The number of rotatable bonds is 22. The molecule has 3 atom stereocenters. The number of sulfonamides is 6. The fourth-order valence-electron chi connectivity index (χ4n) is 19.3. The second-order valence-electron chi connectivity index (χ2n) is 38.4. The first kappa shape index (κ1) is 110. The number of likely N-dealkylation sites (tertiary alicyclic amines) is 4. The van der Waals surface area contributed by atoms with Gasteiger partial charge in [-0.05, 0) is 225 Å². The Kier molecular flexibility index (Phi) is 36.8. The molecular weight excluding hydrogens is 1990 g/mol. The second kappa shape index (κ2) is 48.5. The minimum Gasteiger partial charge on any atom is -0.493 e. The van der Waals surface area contributed by atoms with Gasteiger partial charge in [0, 0.05) is 52.2 Å². The highest BCUT2D eigenvalue weighted by Gasteiger charge is 2.38. The summed E-state index contributed by atoms with van der Waals surface area (Å²) in [6.07, 6.45) is 21.9. The zero-order chi connectivity index (χ0) is 104. The molecule has 10 aliphatic heterocycles. The normalized spacial score (nSPS) is 21.1. The standard InChI is InChI=1S/C20H29N3O5S.C17H24N4O4S.C17H23N3O4S.C16H22N4O4S.2C14H18N2O3S/c1-20(2,3)28-19(24)23-10-7-14(8-11-23)9-12-27-16-6-4-5-15-13-29(25,26)22-18(21)17(15)16;1-2-8-19-17(22)21-9-4-6-13(21)10-25-14-7-3-5-12-11-26(23,24)20-16(18)15(12)14;1-2-5-15(21)20-9-4-7-13(20)10-24-14-8-3-6-12-11-25(22,23)19-17(18)16(12)14;1-2-18-16(21)20-8-4-6-12(20)9-24-13-7-3-5-11-10-25(22,23)19-15(17)14(11)13;2*15-14-13-10(9-20(17,18)16-14)5-4-8-12(13)19-11-6-2-1-3-7-11/h4-6,14H,7-13H2,1-3H3,(H2,21,22);3,5,7,13H,2,4,6,8-11H2,1H3,(H2,18,20)(H,19,22);3,6,8,13H,2,4-5,7,9-11H2,1H3,(H2,18,19);3,5,7,12H,2,4,6,8-10H2,1H3,(H2,17,19)(H,18,21);2*4-5,8,11H,1-3,6-7,9H2,(H2,15,16)/t;2*13-;12-;;/m.111../s1. The summed E-state index contributed by atoms with van der Waals surface area (Å²) in [4.78, 5) is 55.9. The van der Waals surface area contributed by atoms with Crippen molar-refractivity contribution in [2.24, 2.45) is 66.7 Å². The van der Waals surface area contributed by atoms with E-state index in [1.54, 1.807) is 99.6 Å². The van der Waals surface area contributed by atoms with Crippen LogP contribution in [0.5, 0.6) is 34.5 Å². The molecule has 0 bridgehead atoms. The molecule has 0 aromatic heterocycles. The monoisotopic (exact) mass is 2120 g/mol. The van der Waals surface area contributed by atoms with Gasteiger partial charge in [0.25, 0.3) is 60.1 Å². The molecule has 6 aromatic rings. The van der Waals surface area contributed by atoms with E-state index in [2.05, 4.69) is 37.0 Å². The lowest BCUT2D eigenvalue weighted by molar-refractivity contribution is -0.132. The van der Waals surface area contributed by atoms with Crippen molar-refractivity contribution in [3.63, 3.8) is 0 Å². The van der Waals surface area contributed by atoms with Crippen LogP contribution in [0.2, 0.25) is 0 Å². The van der Waals surface area contributed by atoms with Gasteiger partial charge >= 0.3 is 18.2 Å². The van der Waals surface area contributed by atoms with Gasteiger partial charge in [-0.15, -0.1) is 26.4 Å². The average molecular weight is 2120 g/mol. The lowest BCUT2D eigenvalue weighted by Crippen LogP contribution is -2.45. The Hall–Kier alpha value is -12.1. The minimum atomic E-state index is -3.58. The number of urea groups is 2. The van der Waals surface area contributed by atoms with Crippen LogP contribution in [0, 0.1) is 5.92 Å². The maximum Gasteiger partial charge on any atom is 0.410 e. The highest BCUT2D eigenvalue weighted by Crippen LogP contribution is 2.39. The van der Waals surface area contributed by atoms with Crippen LogP contribution in [0.3, 0.4) is 0 Å². The molecule has 47 heteroatoms. The fraction of sp³-hybridized carbons (Fsp3) is 0.531. The third kappa shape index (κ3) is 30.1.